The number of aliphatic hydroxyl groups is 1. The fraction of sp³-hybridized carbons (Fsp3) is 0.759. The van der Waals surface area contributed by atoms with Gasteiger partial charge in [0.1, 0.15) is 0 Å². The fourth-order valence-corrected chi connectivity index (χ4v) is 9.89. The Morgan fingerprint density at radius 3 is 2.46 bits per heavy atom. The van der Waals surface area contributed by atoms with Gasteiger partial charge in [-0.1, -0.05) is 24.6 Å². The van der Waals surface area contributed by atoms with Crippen molar-refractivity contribution < 1.29 is 17.7 Å². The third-order valence-electron chi connectivity index (χ3n) is 10.7. The normalized spacial score (nSPS) is 41.8. The van der Waals surface area contributed by atoms with Crippen molar-refractivity contribution in [2.45, 2.75) is 89.1 Å². The van der Waals surface area contributed by atoms with Gasteiger partial charge in [0.15, 0.2) is 0 Å². The standard InChI is InChI=1S/C29H41NO4S/c1-19-4-7-22(8-5-19)35(32,33)34-18-21(17-30)26-10-11-27-25-9-6-20-16-28(2,31)14-12-23(20)24(25)13-15-29(26,27)3/h4-5,7-8,20-21,23-27,31H,6,9-16,18H2,1-3H3/t20-,21?,23+,24-,25-,26-,27+,28-,29-/m1/s1. The Bertz CT molecular complexity index is 1070. The van der Waals surface area contributed by atoms with E-state index >= 15 is 0 Å². The molecule has 0 amide bonds. The molecule has 4 aliphatic rings. The van der Waals surface area contributed by atoms with Crippen LogP contribution >= 0.6 is 0 Å². The molecule has 1 aromatic carbocycles. The summed E-state index contributed by atoms with van der Waals surface area (Å²) in [5, 5.41) is 20.7. The van der Waals surface area contributed by atoms with Crippen molar-refractivity contribution in [2.75, 3.05) is 6.61 Å². The maximum absolute atomic E-state index is 12.8. The molecule has 0 aromatic heterocycles. The van der Waals surface area contributed by atoms with Gasteiger partial charge < -0.3 is 5.11 Å². The molecule has 4 fully saturated rings. The number of hydrogen-bond acceptors (Lipinski definition) is 5. The Kier molecular flexibility index (Phi) is 6.60. The van der Waals surface area contributed by atoms with Gasteiger partial charge >= 0.3 is 0 Å². The lowest BCUT2D eigenvalue weighted by Gasteiger charge is -2.57. The Morgan fingerprint density at radius 1 is 1.03 bits per heavy atom. The fourth-order valence-electron chi connectivity index (χ4n) is 8.96. The molecule has 1 N–H and O–H groups in total. The number of benzene rings is 1. The topological polar surface area (TPSA) is 87.4 Å². The van der Waals surface area contributed by atoms with E-state index in [0.29, 0.717) is 17.8 Å². The molecular formula is C29H41NO4S. The molecule has 4 aliphatic carbocycles. The van der Waals surface area contributed by atoms with Crippen LogP contribution in [0.4, 0.5) is 0 Å². The van der Waals surface area contributed by atoms with Crippen molar-refractivity contribution in [3.05, 3.63) is 29.8 Å². The zero-order valence-corrected chi connectivity index (χ0v) is 22.3. The molecule has 0 aliphatic heterocycles. The van der Waals surface area contributed by atoms with Crippen LogP contribution in [-0.2, 0) is 14.3 Å². The predicted octanol–water partition coefficient (Wildman–Crippen LogP) is 5.86. The largest absolute Gasteiger partial charge is 0.390 e. The third kappa shape index (κ3) is 4.58. The minimum Gasteiger partial charge on any atom is -0.390 e. The molecule has 35 heavy (non-hydrogen) atoms. The first-order chi connectivity index (χ1) is 16.5. The van der Waals surface area contributed by atoms with Crippen LogP contribution in [-0.4, -0.2) is 25.7 Å². The van der Waals surface area contributed by atoms with E-state index in [-0.39, 0.29) is 22.8 Å². The molecule has 6 heteroatoms. The maximum Gasteiger partial charge on any atom is 0.297 e. The highest BCUT2D eigenvalue weighted by Gasteiger charge is 2.58. The summed E-state index contributed by atoms with van der Waals surface area (Å²) in [5.74, 6) is 3.24. The van der Waals surface area contributed by atoms with Gasteiger partial charge in [-0.2, -0.15) is 13.7 Å². The summed E-state index contributed by atoms with van der Waals surface area (Å²) in [6.45, 7) is 6.24. The third-order valence-corrected chi connectivity index (χ3v) is 12.0. The highest BCUT2D eigenvalue weighted by Crippen LogP contribution is 2.65. The van der Waals surface area contributed by atoms with E-state index in [4.69, 9.17) is 4.18 Å². The van der Waals surface area contributed by atoms with E-state index in [9.17, 15) is 18.8 Å². The Balaban J connectivity index is 1.28. The average molecular weight is 500 g/mol. The summed E-state index contributed by atoms with van der Waals surface area (Å²) < 4.78 is 31.0. The van der Waals surface area contributed by atoms with Crippen LogP contribution in [0.2, 0.25) is 0 Å². The van der Waals surface area contributed by atoms with Crippen LogP contribution in [0.15, 0.2) is 29.2 Å². The van der Waals surface area contributed by atoms with Crippen LogP contribution in [0.25, 0.3) is 0 Å². The zero-order chi connectivity index (χ0) is 25.0. The summed E-state index contributed by atoms with van der Waals surface area (Å²) in [4.78, 5) is 0.152. The van der Waals surface area contributed by atoms with Crippen LogP contribution < -0.4 is 0 Å². The van der Waals surface area contributed by atoms with Crippen molar-refractivity contribution in [1.82, 2.24) is 0 Å². The Hall–Kier alpha value is -1.42. The number of hydrogen-bond donors (Lipinski definition) is 1. The SMILES string of the molecule is Cc1ccc(S(=O)(=O)OCC(C#N)[C@H]2CC[C@H]3[C@@H]4CC[C@@H]5C[C@](C)(O)CC[C@@H]5[C@H]4CC[C@]23C)cc1. The summed E-state index contributed by atoms with van der Waals surface area (Å²) in [5.41, 5.74) is 0.576. The molecule has 5 nitrogen and oxygen atoms in total. The van der Waals surface area contributed by atoms with Gasteiger partial charge in [-0.15, -0.1) is 0 Å². The van der Waals surface area contributed by atoms with Crippen LogP contribution in [0.3, 0.4) is 0 Å². The molecule has 0 radical (unpaired) electrons. The molecule has 1 aromatic rings. The number of nitrogens with zero attached hydrogens (tertiary/aromatic N) is 1. The van der Waals surface area contributed by atoms with Crippen LogP contribution in [0.1, 0.15) is 77.2 Å². The molecule has 1 unspecified atom stereocenters. The van der Waals surface area contributed by atoms with Gasteiger partial charge in [0.05, 0.1) is 29.1 Å². The highest BCUT2D eigenvalue weighted by atomic mass is 32.2. The van der Waals surface area contributed by atoms with E-state index in [2.05, 4.69) is 13.0 Å². The molecular weight excluding hydrogens is 458 g/mol. The van der Waals surface area contributed by atoms with Gasteiger partial charge in [0.2, 0.25) is 0 Å². The van der Waals surface area contributed by atoms with E-state index in [1.54, 1.807) is 24.3 Å². The van der Waals surface area contributed by atoms with Crippen LogP contribution in [0.5, 0.6) is 0 Å². The second kappa shape index (κ2) is 9.15. The average Bonchev–Trinajstić information content (AvgIpc) is 3.16. The molecule has 0 bridgehead atoms. The number of rotatable bonds is 5. The minimum absolute atomic E-state index is 0.0619. The van der Waals surface area contributed by atoms with E-state index in [0.717, 1.165) is 55.9 Å². The van der Waals surface area contributed by atoms with E-state index in [1.807, 2.05) is 13.8 Å². The number of nitriles is 1. The van der Waals surface area contributed by atoms with Crippen molar-refractivity contribution in [3.8, 4) is 6.07 Å². The van der Waals surface area contributed by atoms with Crippen molar-refractivity contribution in [3.63, 3.8) is 0 Å². The molecule has 0 heterocycles. The van der Waals surface area contributed by atoms with Crippen molar-refractivity contribution >= 4 is 10.1 Å². The summed E-state index contributed by atoms with van der Waals surface area (Å²) >= 11 is 0. The molecule has 192 valence electrons. The predicted molar refractivity (Wildman–Crippen MR) is 135 cm³/mol. The maximum atomic E-state index is 12.8. The van der Waals surface area contributed by atoms with E-state index in [1.165, 1.54) is 19.3 Å². The van der Waals surface area contributed by atoms with Gasteiger partial charge in [-0.25, -0.2) is 0 Å². The molecule has 5 rings (SSSR count). The Morgan fingerprint density at radius 2 is 1.74 bits per heavy atom. The summed E-state index contributed by atoms with van der Waals surface area (Å²) in [7, 11) is -3.87. The van der Waals surface area contributed by atoms with Crippen LogP contribution in [0, 0.1) is 65.1 Å². The van der Waals surface area contributed by atoms with E-state index < -0.39 is 21.6 Å². The molecule has 9 atom stereocenters. The first-order valence-electron chi connectivity index (χ1n) is 13.6. The molecule has 4 saturated carbocycles. The lowest BCUT2D eigenvalue weighted by Crippen LogP contribution is -2.51. The monoisotopic (exact) mass is 499 g/mol. The molecule has 0 spiro atoms. The highest BCUT2D eigenvalue weighted by molar-refractivity contribution is 7.86. The zero-order valence-electron chi connectivity index (χ0n) is 21.4. The minimum atomic E-state index is -3.87. The summed E-state index contributed by atoms with van der Waals surface area (Å²) in [6, 6.07) is 9.12. The number of aryl methyl sites for hydroxylation is 1. The first kappa shape index (κ1) is 25.2. The first-order valence-corrected chi connectivity index (χ1v) is 15.0. The van der Waals surface area contributed by atoms with Crippen molar-refractivity contribution in [1.29, 1.82) is 5.26 Å². The van der Waals surface area contributed by atoms with Crippen molar-refractivity contribution in [2.24, 2.45) is 46.8 Å². The second-order valence-electron chi connectivity index (χ2n) is 12.7. The Labute approximate surface area is 211 Å². The number of fused-ring (bicyclic) bond motifs is 5. The lowest BCUT2D eigenvalue weighted by molar-refractivity contribution is -0.102. The van der Waals surface area contributed by atoms with Gasteiger partial charge in [-0.3, -0.25) is 4.18 Å². The van der Waals surface area contributed by atoms with Gasteiger partial charge in [-0.05, 0) is 125 Å². The van der Waals surface area contributed by atoms with Gasteiger partial charge in [0.25, 0.3) is 10.1 Å². The van der Waals surface area contributed by atoms with Gasteiger partial charge in [0, 0.05) is 0 Å². The second-order valence-corrected chi connectivity index (χ2v) is 14.3. The molecule has 0 saturated heterocycles. The quantitative estimate of drug-likeness (QED) is 0.513. The smallest absolute Gasteiger partial charge is 0.297 e. The summed E-state index contributed by atoms with van der Waals surface area (Å²) in [6.07, 6.45) is 9.93. The lowest BCUT2D eigenvalue weighted by atomic mass is 9.48.